The second kappa shape index (κ2) is 8.46. The van der Waals surface area contributed by atoms with Crippen LogP contribution in [-0.2, 0) is 9.59 Å². The van der Waals surface area contributed by atoms with Gasteiger partial charge in [0.05, 0.1) is 21.7 Å². The lowest BCUT2D eigenvalue weighted by Gasteiger charge is -2.13. The SMILES string of the molecule is Cc1nc(NC(=O)C(N)C(C)C)sc1SCC(N)=O.Cl. The number of thioether (sulfide) groups is 1. The molecule has 1 atom stereocenters. The number of nitrogens with one attached hydrogen (secondary N) is 1. The largest absolute Gasteiger partial charge is 0.369 e. The van der Waals surface area contributed by atoms with E-state index in [-0.39, 0.29) is 35.9 Å². The van der Waals surface area contributed by atoms with E-state index in [4.69, 9.17) is 11.5 Å². The average molecular weight is 339 g/mol. The van der Waals surface area contributed by atoms with Gasteiger partial charge in [-0.3, -0.25) is 9.59 Å². The monoisotopic (exact) mass is 338 g/mol. The van der Waals surface area contributed by atoms with E-state index >= 15 is 0 Å². The van der Waals surface area contributed by atoms with Gasteiger partial charge in [-0.15, -0.1) is 24.2 Å². The van der Waals surface area contributed by atoms with Gasteiger partial charge in [0.2, 0.25) is 11.8 Å². The first-order valence-electron chi connectivity index (χ1n) is 5.76. The van der Waals surface area contributed by atoms with Gasteiger partial charge in [-0.05, 0) is 12.8 Å². The standard InChI is InChI=1S/C11H18N4O2S2.ClH/c1-5(2)8(13)9(17)15-11-14-6(3)10(19-11)18-4-7(12)16;/h5,8H,4,13H2,1-3H3,(H2,12,16)(H,14,15,17);1H. The molecule has 5 N–H and O–H groups in total. The lowest BCUT2D eigenvalue weighted by Crippen LogP contribution is -2.39. The number of thiazole rings is 1. The molecule has 114 valence electrons. The fraction of sp³-hybridized carbons (Fsp3) is 0.545. The van der Waals surface area contributed by atoms with Crippen LogP contribution in [0.5, 0.6) is 0 Å². The highest BCUT2D eigenvalue weighted by atomic mass is 35.5. The number of hydrogen-bond donors (Lipinski definition) is 3. The van der Waals surface area contributed by atoms with Gasteiger partial charge >= 0.3 is 0 Å². The van der Waals surface area contributed by atoms with E-state index in [1.54, 1.807) is 0 Å². The summed E-state index contributed by atoms with van der Waals surface area (Å²) >= 11 is 2.63. The van der Waals surface area contributed by atoms with Gasteiger partial charge < -0.3 is 16.8 Å². The maximum absolute atomic E-state index is 11.8. The number of halogens is 1. The molecule has 0 aromatic carbocycles. The molecule has 0 aliphatic carbocycles. The van der Waals surface area contributed by atoms with Gasteiger partial charge in [-0.2, -0.15) is 0 Å². The van der Waals surface area contributed by atoms with E-state index in [2.05, 4.69) is 10.3 Å². The fourth-order valence-corrected chi connectivity index (χ4v) is 3.08. The van der Waals surface area contributed by atoms with Crippen LogP contribution in [0.1, 0.15) is 19.5 Å². The number of aryl methyl sites for hydroxylation is 1. The lowest BCUT2D eigenvalue weighted by molar-refractivity contribution is -0.118. The third kappa shape index (κ3) is 5.66. The average Bonchev–Trinajstić information content (AvgIpc) is 2.65. The summed E-state index contributed by atoms with van der Waals surface area (Å²) in [6, 6.07) is -0.564. The Hall–Kier alpha value is -0.830. The summed E-state index contributed by atoms with van der Waals surface area (Å²) in [4.78, 5) is 26.8. The number of carbonyl (C=O) groups is 2. The van der Waals surface area contributed by atoms with Crippen molar-refractivity contribution in [3.8, 4) is 0 Å². The first-order valence-corrected chi connectivity index (χ1v) is 7.56. The Morgan fingerprint density at radius 1 is 1.45 bits per heavy atom. The molecule has 1 aromatic heterocycles. The fourth-order valence-electron chi connectivity index (χ4n) is 1.20. The zero-order valence-electron chi connectivity index (χ0n) is 11.5. The highest BCUT2D eigenvalue weighted by Crippen LogP contribution is 2.31. The summed E-state index contributed by atoms with van der Waals surface area (Å²) in [5.41, 5.74) is 11.6. The van der Waals surface area contributed by atoms with Crippen molar-refractivity contribution in [2.45, 2.75) is 31.0 Å². The number of amides is 2. The first-order chi connectivity index (χ1) is 8.81. The highest BCUT2D eigenvalue weighted by Gasteiger charge is 2.19. The zero-order valence-corrected chi connectivity index (χ0v) is 14.0. The number of nitrogens with two attached hydrogens (primary N) is 2. The predicted octanol–water partition coefficient (Wildman–Crippen LogP) is 1.37. The minimum atomic E-state index is -0.564. The number of hydrogen-bond acceptors (Lipinski definition) is 6. The van der Waals surface area contributed by atoms with E-state index in [9.17, 15) is 9.59 Å². The Bertz CT molecular complexity index is 479. The zero-order chi connectivity index (χ0) is 14.6. The molecule has 0 saturated carbocycles. The van der Waals surface area contributed by atoms with Crippen molar-refractivity contribution in [2.24, 2.45) is 17.4 Å². The first kappa shape index (κ1) is 19.2. The van der Waals surface area contributed by atoms with Crippen molar-refractivity contribution < 1.29 is 9.59 Å². The maximum Gasteiger partial charge on any atom is 0.243 e. The Labute approximate surface area is 132 Å². The topological polar surface area (TPSA) is 111 Å². The normalized spacial score (nSPS) is 11.8. The number of primary amides is 1. The van der Waals surface area contributed by atoms with Crippen molar-refractivity contribution >= 4 is 52.5 Å². The van der Waals surface area contributed by atoms with Gasteiger partial charge in [0, 0.05) is 0 Å². The van der Waals surface area contributed by atoms with E-state index in [1.807, 2.05) is 20.8 Å². The van der Waals surface area contributed by atoms with Crippen LogP contribution in [0.25, 0.3) is 0 Å². The molecule has 0 bridgehead atoms. The molecule has 1 unspecified atom stereocenters. The smallest absolute Gasteiger partial charge is 0.243 e. The van der Waals surface area contributed by atoms with Gasteiger partial charge in [-0.25, -0.2) is 4.98 Å². The van der Waals surface area contributed by atoms with Crippen molar-refractivity contribution in [3.63, 3.8) is 0 Å². The second-order valence-electron chi connectivity index (χ2n) is 4.41. The van der Waals surface area contributed by atoms with Gasteiger partial charge in [-0.1, -0.05) is 25.2 Å². The van der Waals surface area contributed by atoms with Crippen molar-refractivity contribution in [1.82, 2.24) is 4.98 Å². The summed E-state index contributed by atoms with van der Waals surface area (Å²) in [5, 5.41) is 3.18. The van der Waals surface area contributed by atoms with Gasteiger partial charge in [0.15, 0.2) is 5.13 Å². The Morgan fingerprint density at radius 2 is 2.05 bits per heavy atom. The molecule has 0 aliphatic heterocycles. The number of nitrogens with zero attached hydrogens (tertiary/aromatic N) is 1. The van der Waals surface area contributed by atoms with Crippen LogP contribution in [0.4, 0.5) is 5.13 Å². The third-order valence-electron chi connectivity index (χ3n) is 2.35. The number of carbonyl (C=O) groups excluding carboxylic acids is 2. The van der Waals surface area contributed by atoms with Crippen LogP contribution in [-0.4, -0.2) is 28.6 Å². The van der Waals surface area contributed by atoms with Crippen LogP contribution in [0.15, 0.2) is 4.21 Å². The molecule has 1 rings (SSSR count). The van der Waals surface area contributed by atoms with Gasteiger partial charge in [0.25, 0.3) is 0 Å². The molecule has 2 amide bonds. The number of aromatic nitrogens is 1. The van der Waals surface area contributed by atoms with Crippen molar-refractivity contribution in [3.05, 3.63) is 5.69 Å². The highest BCUT2D eigenvalue weighted by molar-refractivity contribution is 8.01. The molecule has 20 heavy (non-hydrogen) atoms. The van der Waals surface area contributed by atoms with E-state index in [0.29, 0.717) is 5.13 Å². The summed E-state index contributed by atoms with van der Waals surface area (Å²) in [5.74, 6) is -0.382. The molecule has 6 nitrogen and oxygen atoms in total. The van der Waals surface area contributed by atoms with E-state index in [1.165, 1.54) is 23.1 Å². The van der Waals surface area contributed by atoms with Crippen LogP contribution in [0.2, 0.25) is 0 Å². The Balaban J connectivity index is 0.00000361. The van der Waals surface area contributed by atoms with E-state index in [0.717, 1.165) is 9.90 Å². The molecule has 9 heteroatoms. The number of rotatable bonds is 6. The molecule has 0 radical (unpaired) electrons. The molecule has 0 fully saturated rings. The minimum Gasteiger partial charge on any atom is -0.369 e. The molecule has 0 aliphatic rings. The predicted molar refractivity (Wildman–Crippen MR) is 85.5 cm³/mol. The van der Waals surface area contributed by atoms with Crippen LogP contribution < -0.4 is 16.8 Å². The van der Waals surface area contributed by atoms with Gasteiger partial charge in [0.1, 0.15) is 0 Å². The van der Waals surface area contributed by atoms with E-state index < -0.39 is 6.04 Å². The molecule has 0 spiro atoms. The summed E-state index contributed by atoms with van der Waals surface area (Å²) in [6.07, 6.45) is 0. The molecular weight excluding hydrogens is 320 g/mol. The lowest BCUT2D eigenvalue weighted by atomic mass is 10.1. The third-order valence-corrected chi connectivity index (χ3v) is 4.81. The maximum atomic E-state index is 11.8. The van der Waals surface area contributed by atoms with Crippen LogP contribution >= 0.6 is 35.5 Å². The second-order valence-corrected chi connectivity index (χ2v) is 6.65. The van der Waals surface area contributed by atoms with Crippen LogP contribution in [0, 0.1) is 12.8 Å². The quantitative estimate of drug-likeness (QED) is 0.678. The molecular formula is C11H19ClN4O2S2. The minimum absolute atomic E-state index is 0. The summed E-state index contributed by atoms with van der Waals surface area (Å²) < 4.78 is 0.868. The Morgan fingerprint density at radius 3 is 2.55 bits per heavy atom. The molecule has 1 aromatic rings. The number of anilines is 1. The Kier molecular flexibility index (Phi) is 8.10. The summed E-state index contributed by atoms with van der Waals surface area (Å²) in [6.45, 7) is 5.58. The van der Waals surface area contributed by atoms with Crippen molar-refractivity contribution in [2.75, 3.05) is 11.1 Å². The van der Waals surface area contributed by atoms with Crippen molar-refractivity contribution in [1.29, 1.82) is 0 Å². The molecule has 1 heterocycles. The summed E-state index contributed by atoms with van der Waals surface area (Å²) in [7, 11) is 0. The van der Waals surface area contributed by atoms with Crippen LogP contribution in [0.3, 0.4) is 0 Å². The molecule has 0 saturated heterocycles.